The van der Waals surface area contributed by atoms with E-state index in [4.69, 9.17) is 4.42 Å². The molecule has 0 aliphatic carbocycles. The number of carbonyl (C=O) groups excluding carboxylic acids is 1. The van der Waals surface area contributed by atoms with Crippen molar-refractivity contribution in [3.63, 3.8) is 0 Å². The second-order valence-corrected chi connectivity index (χ2v) is 10.5. The Morgan fingerprint density at radius 1 is 1.06 bits per heavy atom. The van der Waals surface area contributed by atoms with Gasteiger partial charge < -0.3 is 4.42 Å². The van der Waals surface area contributed by atoms with E-state index >= 15 is 0 Å². The normalized spacial score (nSPS) is 11.4. The highest BCUT2D eigenvalue weighted by atomic mass is 32.2. The molecule has 0 fully saturated rings. The fourth-order valence-electron chi connectivity index (χ4n) is 2.89. The van der Waals surface area contributed by atoms with Gasteiger partial charge in [-0.15, -0.1) is 16.9 Å². The number of hydrogen-bond donors (Lipinski definition) is 1. The number of hydrogen-bond acceptors (Lipinski definition) is 7. The number of nitrogens with one attached hydrogen (secondary N) is 1. The van der Waals surface area contributed by atoms with Crippen LogP contribution in [0.2, 0.25) is 0 Å². The molecule has 3 rings (SSSR count). The zero-order valence-electron chi connectivity index (χ0n) is 17.5. The van der Waals surface area contributed by atoms with Crippen LogP contribution in [-0.2, 0) is 21.1 Å². The third kappa shape index (κ3) is 6.93. The maximum Gasteiger partial charge on any atom is 0.322 e. The fraction of sp³-hybridized carbons (Fsp3) is 0.318. The number of aryl methyl sites for hydroxylation is 1. The average molecular weight is 460 g/mol. The van der Waals surface area contributed by atoms with Gasteiger partial charge in [0.25, 0.3) is 0 Å². The van der Waals surface area contributed by atoms with Gasteiger partial charge in [0.15, 0.2) is 9.84 Å². The maximum absolute atomic E-state index is 12.3. The average Bonchev–Trinajstić information content (AvgIpc) is 3.16. The molecule has 1 N–H and O–H groups in total. The van der Waals surface area contributed by atoms with Gasteiger partial charge in [-0.1, -0.05) is 41.9 Å². The van der Waals surface area contributed by atoms with Crippen molar-refractivity contribution in [3.05, 3.63) is 65.5 Å². The van der Waals surface area contributed by atoms with Crippen LogP contribution in [-0.4, -0.2) is 36.0 Å². The van der Waals surface area contributed by atoms with E-state index in [0.717, 1.165) is 16.9 Å². The highest BCUT2D eigenvalue weighted by molar-refractivity contribution is 7.99. The smallest absolute Gasteiger partial charge is 0.322 e. The molecule has 1 aromatic heterocycles. The van der Waals surface area contributed by atoms with Crippen LogP contribution in [0.15, 0.2) is 62.7 Å². The third-order valence-corrected chi connectivity index (χ3v) is 7.21. The van der Waals surface area contributed by atoms with Gasteiger partial charge in [-0.3, -0.25) is 10.1 Å². The van der Waals surface area contributed by atoms with Crippen LogP contribution in [0.25, 0.3) is 0 Å². The van der Waals surface area contributed by atoms with Crippen LogP contribution < -0.4 is 5.32 Å². The van der Waals surface area contributed by atoms with E-state index < -0.39 is 9.84 Å². The first-order chi connectivity index (χ1) is 14.9. The molecule has 0 saturated heterocycles. The summed E-state index contributed by atoms with van der Waals surface area (Å²) in [4.78, 5) is 13.6. The summed E-state index contributed by atoms with van der Waals surface area (Å²) in [6.07, 6.45) is 0.708. The molecule has 7 nitrogen and oxygen atoms in total. The summed E-state index contributed by atoms with van der Waals surface area (Å²) in [6.45, 7) is 4.00. The van der Waals surface area contributed by atoms with Gasteiger partial charge >= 0.3 is 6.01 Å². The first-order valence-corrected chi connectivity index (χ1v) is 12.6. The Balaban J connectivity index is 1.46. The standard InChI is InChI=1S/C22H25N3O4S2/c1-3-30-18-10-8-17(9-11-18)15-21-24-25-22(29-21)23-20(26)5-4-14-31(27,28)19-12-6-16(2)7-13-19/h6-13H,3-5,14-15H2,1-2H3,(H,23,25,26). The van der Waals surface area contributed by atoms with Gasteiger partial charge in [-0.05, 0) is 48.9 Å². The highest BCUT2D eigenvalue weighted by Crippen LogP contribution is 2.19. The van der Waals surface area contributed by atoms with Crippen LogP contribution >= 0.6 is 11.8 Å². The minimum atomic E-state index is -3.42. The summed E-state index contributed by atoms with van der Waals surface area (Å²) >= 11 is 1.77. The number of rotatable bonds is 10. The van der Waals surface area contributed by atoms with Gasteiger partial charge in [0.2, 0.25) is 11.8 Å². The Bertz CT molecular complexity index is 1110. The van der Waals surface area contributed by atoms with E-state index in [1.54, 1.807) is 36.0 Å². The lowest BCUT2D eigenvalue weighted by Crippen LogP contribution is -2.14. The summed E-state index contributed by atoms with van der Waals surface area (Å²) in [5.41, 5.74) is 2.02. The number of benzene rings is 2. The van der Waals surface area contributed by atoms with E-state index in [9.17, 15) is 13.2 Å². The molecule has 2 aromatic carbocycles. The molecule has 0 spiro atoms. The molecule has 3 aromatic rings. The van der Waals surface area contributed by atoms with Crippen LogP contribution in [0.3, 0.4) is 0 Å². The summed E-state index contributed by atoms with van der Waals surface area (Å²) in [6, 6.07) is 14.8. The van der Waals surface area contributed by atoms with E-state index in [1.165, 1.54) is 4.90 Å². The number of nitrogens with zero attached hydrogens (tertiary/aromatic N) is 2. The maximum atomic E-state index is 12.3. The summed E-state index contributed by atoms with van der Waals surface area (Å²) in [5.74, 6) is 0.942. The van der Waals surface area contributed by atoms with Crippen molar-refractivity contribution >= 4 is 33.5 Å². The molecule has 9 heteroatoms. The molecular weight excluding hydrogens is 434 g/mol. The fourth-order valence-corrected chi connectivity index (χ4v) is 4.86. The van der Waals surface area contributed by atoms with Crippen LogP contribution in [0.1, 0.15) is 36.8 Å². The lowest BCUT2D eigenvalue weighted by molar-refractivity contribution is -0.116. The summed E-state index contributed by atoms with van der Waals surface area (Å²) < 4.78 is 30.2. The monoisotopic (exact) mass is 459 g/mol. The molecule has 0 atom stereocenters. The van der Waals surface area contributed by atoms with Gasteiger partial charge in [-0.2, -0.15) is 0 Å². The number of aromatic nitrogens is 2. The number of thioether (sulfide) groups is 1. The van der Waals surface area contributed by atoms with E-state index in [2.05, 4.69) is 22.4 Å². The van der Waals surface area contributed by atoms with Gasteiger partial charge in [-0.25, -0.2) is 8.42 Å². The Morgan fingerprint density at radius 2 is 1.77 bits per heavy atom. The molecular formula is C22H25N3O4S2. The van der Waals surface area contributed by atoms with Crippen molar-refractivity contribution in [1.82, 2.24) is 10.2 Å². The number of anilines is 1. The number of carbonyl (C=O) groups is 1. The van der Waals surface area contributed by atoms with Crippen molar-refractivity contribution in [2.75, 3.05) is 16.8 Å². The lowest BCUT2D eigenvalue weighted by Gasteiger charge is -2.05. The van der Waals surface area contributed by atoms with Crippen LogP contribution in [0, 0.1) is 6.92 Å². The third-order valence-electron chi connectivity index (χ3n) is 4.50. The largest absolute Gasteiger partial charge is 0.407 e. The molecule has 1 amide bonds. The molecule has 0 radical (unpaired) electrons. The number of amides is 1. The second-order valence-electron chi connectivity index (χ2n) is 7.04. The van der Waals surface area contributed by atoms with Crippen LogP contribution in [0.4, 0.5) is 6.01 Å². The molecule has 0 aliphatic rings. The summed E-state index contributed by atoms with van der Waals surface area (Å²) in [5, 5.41) is 10.3. The Kier molecular flexibility index (Phi) is 7.86. The minimum Gasteiger partial charge on any atom is -0.407 e. The molecule has 0 unspecified atom stereocenters. The minimum absolute atomic E-state index is 0.0135. The Morgan fingerprint density at radius 3 is 2.45 bits per heavy atom. The summed E-state index contributed by atoms with van der Waals surface area (Å²) in [7, 11) is -3.42. The van der Waals surface area contributed by atoms with Crippen LogP contribution in [0.5, 0.6) is 0 Å². The number of sulfone groups is 1. The zero-order valence-corrected chi connectivity index (χ0v) is 19.1. The quantitative estimate of drug-likeness (QED) is 0.452. The highest BCUT2D eigenvalue weighted by Gasteiger charge is 2.16. The predicted molar refractivity (Wildman–Crippen MR) is 121 cm³/mol. The molecule has 31 heavy (non-hydrogen) atoms. The van der Waals surface area contributed by atoms with Crippen molar-refractivity contribution in [3.8, 4) is 0 Å². The topological polar surface area (TPSA) is 102 Å². The molecule has 164 valence electrons. The second kappa shape index (κ2) is 10.6. The van der Waals surface area contributed by atoms with Gasteiger partial charge in [0, 0.05) is 11.3 Å². The first-order valence-electron chi connectivity index (χ1n) is 9.99. The molecule has 0 saturated carbocycles. The first kappa shape index (κ1) is 23.0. The predicted octanol–water partition coefficient (Wildman–Crippen LogP) is 4.27. The van der Waals surface area contributed by atoms with E-state index in [0.29, 0.717) is 12.3 Å². The van der Waals surface area contributed by atoms with Crippen molar-refractivity contribution in [1.29, 1.82) is 0 Å². The Labute approximate surface area is 186 Å². The van der Waals surface area contributed by atoms with Crippen molar-refractivity contribution < 1.29 is 17.6 Å². The molecule has 0 bridgehead atoms. The van der Waals surface area contributed by atoms with Crippen molar-refractivity contribution in [2.24, 2.45) is 0 Å². The SMILES string of the molecule is CCSc1ccc(Cc2nnc(NC(=O)CCCS(=O)(=O)c3ccc(C)cc3)o2)cc1. The lowest BCUT2D eigenvalue weighted by atomic mass is 10.1. The zero-order chi connectivity index (χ0) is 22.3. The van der Waals surface area contributed by atoms with Gasteiger partial charge in [0.1, 0.15) is 0 Å². The van der Waals surface area contributed by atoms with E-state index in [1.807, 2.05) is 31.2 Å². The molecule has 0 aliphatic heterocycles. The van der Waals surface area contributed by atoms with E-state index in [-0.39, 0.29) is 35.4 Å². The van der Waals surface area contributed by atoms with Crippen molar-refractivity contribution in [2.45, 2.75) is 42.9 Å². The molecule has 1 heterocycles. The van der Waals surface area contributed by atoms with Gasteiger partial charge in [0.05, 0.1) is 17.1 Å². The Hall–Kier alpha value is -2.65.